The first kappa shape index (κ1) is 22.9. The Bertz CT molecular complexity index is 1170. The van der Waals surface area contributed by atoms with Gasteiger partial charge in [-0.1, -0.05) is 47.5 Å². The highest BCUT2D eigenvalue weighted by molar-refractivity contribution is 7.92. The number of carbonyl (C=O) groups is 1. The number of halogens is 2. The van der Waals surface area contributed by atoms with Crippen molar-refractivity contribution in [3.63, 3.8) is 0 Å². The average molecular weight is 479 g/mol. The molecule has 0 aromatic heterocycles. The molecule has 31 heavy (non-hydrogen) atoms. The summed E-state index contributed by atoms with van der Waals surface area (Å²) in [5, 5.41) is 3.16. The third kappa shape index (κ3) is 5.70. The van der Waals surface area contributed by atoms with Crippen molar-refractivity contribution in [1.82, 2.24) is 0 Å². The molecule has 3 aromatic carbocycles. The summed E-state index contributed by atoms with van der Waals surface area (Å²) in [5.74, 6) is 0.0674. The SMILES string of the molecule is CCOc1cccc(NC(=O)CN(c2ccc(Cl)c(Cl)c2)S(=O)(=O)c2ccccc2)c1. The predicted molar refractivity (Wildman–Crippen MR) is 124 cm³/mol. The van der Waals surface area contributed by atoms with Crippen molar-refractivity contribution in [3.05, 3.63) is 82.8 Å². The summed E-state index contributed by atoms with van der Waals surface area (Å²) in [7, 11) is -4.04. The van der Waals surface area contributed by atoms with Crippen molar-refractivity contribution in [3.8, 4) is 5.75 Å². The number of rotatable bonds is 8. The van der Waals surface area contributed by atoms with Crippen molar-refractivity contribution in [2.75, 3.05) is 22.8 Å². The van der Waals surface area contributed by atoms with Crippen LogP contribution in [0.15, 0.2) is 77.7 Å². The second-order valence-electron chi connectivity index (χ2n) is 6.43. The van der Waals surface area contributed by atoms with Gasteiger partial charge >= 0.3 is 0 Å². The first-order chi connectivity index (χ1) is 14.8. The average Bonchev–Trinajstić information content (AvgIpc) is 2.75. The fourth-order valence-electron chi connectivity index (χ4n) is 2.84. The van der Waals surface area contributed by atoms with Crippen LogP contribution in [0.1, 0.15) is 6.92 Å². The molecule has 162 valence electrons. The van der Waals surface area contributed by atoms with Gasteiger partial charge < -0.3 is 10.1 Å². The maximum absolute atomic E-state index is 13.3. The number of anilines is 2. The van der Waals surface area contributed by atoms with Gasteiger partial charge in [-0.15, -0.1) is 0 Å². The number of sulfonamides is 1. The zero-order valence-electron chi connectivity index (χ0n) is 16.6. The first-order valence-corrected chi connectivity index (χ1v) is 11.6. The van der Waals surface area contributed by atoms with E-state index in [0.717, 1.165) is 4.31 Å². The quantitative estimate of drug-likeness (QED) is 0.480. The Balaban J connectivity index is 1.92. The summed E-state index contributed by atoms with van der Waals surface area (Å²) in [4.78, 5) is 12.8. The number of nitrogens with one attached hydrogen (secondary N) is 1. The molecule has 0 spiro atoms. The van der Waals surface area contributed by atoms with Crippen molar-refractivity contribution < 1.29 is 17.9 Å². The van der Waals surface area contributed by atoms with Gasteiger partial charge in [0.05, 0.1) is 27.2 Å². The number of amides is 1. The summed E-state index contributed by atoms with van der Waals surface area (Å²) < 4.78 is 33.0. The maximum Gasteiger partial charge on any atom is 0.264 e. The lowest BCUT2D eigenvalue weighted by Gasteiger charge is -2.24. The third-order valence-corrected chi connectivity index (χ3v) is 6.77. The molecule has 0 saturated heterocycles. The van der Waals surface area contributed by atoms with Crippen LogP contribution in [0, 0.1) is 0 Å². The minimum atomic E-state index is -4.04. The van der Waals surface area contributed by atoms with Crippen molar-refractivity contribution in [2.24, 2.45) is 0 Å². The molecule has 1 N–H and O–H groups in total. The number of hydrogen-bond donors (Lipinski definition) is 1. The Morgan fingerprint density at radius 3 is 2.39 bits per heavy atom. The number of carbonyl (C=O) groups excluding carboxylic acids is 1. The van der Waals surface area contributed by atoms with Gasteiger partial charge in [0.1, 0.15) is 12.3 Å². The lowest BCUT2D eigenvalue weighted by molar-refractivity contribution is -0.114. The van der Waals surface area contributed by atoms with Crippen LogP contribution in [0.2, 0.25) is 10.0 Å². The molecule has 0 radical (unpaired) electrons. The number of hydrogen-bond acceptors (Lipinski definition) is 4. The Morgan fingerprint density at radius 2 is 1.71 bits per heavy atom. The zero-order valence-corrected chi connectivity index (χ0v) is 18.9. The molecule has 6 nitrogen and oxygen atoms in total. The van der Waals surface area contributed by atoms with Crippen molar-refractivity contribution in [2.45, 2.75) is 11.8 Å². The van der Waals surface area contributed by atoms with Crippen LogP contribution in [0.4, 0.5) is 11.4 Å². The molecule has 0 aliphatic carbocycles. The fourth-order valence-corrected chi connectivity index (χ4v) is 4.56. The van der Waals surface area contributed by atoms with Gasteiger partial charge in [0, 0.05) is 11.8 Å². The van der Waals surface area contributed by atoms with Crippen LogP contribution in [0.25, 0.3) is 0 Å². The standard InChI is InChI=1S/C22H20Cl2N2O4S/c1-2-30-18-8-6-7-16(13-18)25-22(27)15-26(17-11-12-20(23)21(24)14-17)31(28,29)19-9-4-3-5-10-19/h3-14H,2,15H2,1H3,(H,25,27). The van der Waals surface area contributed by atoms with E-state index in [0.29, 0.717) is 18.0 Å². The Labute approximate surface area is 191 Å². The summed E-state index contributed by atoms with van der Waals surface area (Å²) in [6.45, 7) is 1.88. The molecule has 0 heterocycles. The summed E-state index contributed by atoms with van der Waals surface area (Å²) in [6, 6.07) is 19.1. The molecule has 0 atom stereocenters. The normalized spacial score (nSPS) is 11.1. The maximum atomic E-state index is 13.3. The van der Waals surface area contributed by atoms with E-state index in [2.05, 4.69) is 5.32 Å². The van der Waals surface area contributed by atoms with Gasteiger partial charge in [0.25, 0.3) is 10.0 Å². The van der Waals surface area contributed by atoms with Crippen molar-refractivity contribution >= 4 is 50.5 Å². The highest BCUT2D eigenvalue weighted by Crippen LogP contribution is 2.30. The minimum absolute atomic E-state index is 0.0483. The fraction of sp³-hybridized carbons (Fsp3) is 0.136. The molecular weight excluding hydrogens is 459 g/mol. The van der Waals surface area contributed by atoms with E-state index in [4.69, 9.17) is 27.9 Å². The van der Waals surface area contributed by atoms with Gasteiger partial charge in [0.15, 0.2) is 0 Å². The number of benzene rings is 3. The highest BCUT2D eigenvalue weighted by Gasteiger charge is 2.27. The summed E-state index contributed by atoms with van der Waals surface area (Å²) in [5.41, 5.74) is 0.707. The summed E-state index contributed by atoms with van der Waals surface area (Å²) >= 11 is 12.1. The van der Waals surface area contributed by atoms with Crippen LogP contribution in [-0.4, -0.2) is 27.5 Å². The van der Waals surface area contributed by atoms with Gasteiger partial charge in [0.2, 0.25) is 5.91 Å². The molecule has 1 amide bonds. The first-order valence-electron chi connectivity index (χ1n) is 9.37. The van der Waals surface area contributed by atoms with Crippen LogP contribution in [0.3, 0.4) is 0 Å². The monoisotopic (exact) mass is 478 g/mol. The Morgan fingerprint density at radius 1 is 0.968 bits per heavy atom. The lowest BCUT2D eigenvalue weighted by Crippen LogP contribution is -2.38. The van der Waals surface area contributed by atoms with E-state index in [9.17, 15) is 13.2 Å². The lowest BCUT2D eigenvalue weighted by atomic mass is 10.3. The number of nitrogens with zero attached hydrogens (tertiary/aromatic N) is 1. The van der Waals surface area contributed by atoms with Gasteiger partial charge in [-0.2, -0.15) is 0 Å². The smallest absolute Gasteiger partial charge is 0.264 e. The third-order valence-electron chi connectivity index (χ3n) is 4.24. The number of ether oxygens (including phenoxy) is 1. The molecule has 0 aliphatic heterocycles. The van der Waals surface area contributed by atoms with E-state index < -0.39 is 22.5 Å². The van der Waals surface area contributed by atoms with Crippen LogP contribution < -0.4 is 14.4 Å². The topological polar surface area (TPSA) is 75.7 Å². The molecule has 3 aromatic rings. The van der Waals surface area contributed by atoms with Crippen LogP contribution >= 0.6 is 23.2 Å². The molecule has 0 fully saturated rings. The molecule has 0 saturated carbocycles. The van der Waals surface area contributed by atoms with E-state index in [-0.39, 0.29) is 20.6 Å². The molecule has 9 heteroatoms. The second kappa shape index (κ2) is 10.0. The summed E-state index contributed by atoms with van der Waals surface area (Å²) in [6.07, 6.45) is 0. The van der Waals surface area contributed by atoms with Gasteiger partial charge in [-0.3, -0.25) is 9.10 Å². The molecule has 0 unspecified atom stereocenters. The second-order valence-corrected chi connectivity index (χ2v) is 9.11. The van der Waals surface area contributed by atoms with E-state index in [1.54, 1.807) is 42.5 Å². The predicted octanol–water partition coefficient (Wildman–Crippen LogP) is 5.23. The van der Waals surface area contributed by atoms with Gasteiger partial charge in [-0.25, -0.2) is 8.42 Å². The molecule has 0 aliphatic rings. The van der Waals surface area contributed by atoms with Crippen LogP contribution in [-0.2, 0) is 14.8 Å². The highest BCUT2D eigenvalue weighted by atomic mass is 35.5. The molecular formula is C22H20Cl2N2O4S. The largest absolute Gasteiger partial charge is 0.494 e. The van der Waals surface area contributed by atoms with Crippen molar-refractivity contribution in [1.29, 1.82) is 0 Å². The van der Waals surface area contributed by atoms with E-state index in [1.165, 1.54) is 30.3 Å². The molecule has 0 bridgehead atoms. The van der Waals surface area contributed by atoms with Gasteiger partial charge in [-0.05, 0) is 49.4 Å². The van der Waals surface area contributed by atoms with E-state index >= 15 is 0 Å². The molecule has 3 rings (SSSR count). The van der Waals surface area contributed by atoms with E-state index in [1.807, 2.05) is 6.92 Å². The van der Waals surface area contributed by atoms with Crippen LogP contribution in [0.5, 0.6) is 5.75 Å². The minimum Gasteiger partial charge on any atom is -0.494 e. The Kier molecular flexibility index (Phi) is 7.43. The Hall–Kier alpha value is -2.74. The zero-order chi connectivity index (χ0) is 22.4.